The zero-order valence-corrected chi connectivity index (χ0v) is 9.00. The van der Waals surface area contributed by atoms with E-state index in [1.54, 1.807) is 6.07 Å². The first-order valence-corrected chi connectivity index (χ1v) is 5.98. The van der Waals surface area contributed by atoms with E-state index in [0.29, 0.717) is 19.4 Å². The number of terminal acetylenes is 1. The maximum absolute atomic E-state index is 11.6. The summed E-state index contributed by atoms with van der Waals surface area (Å²) in [6.45, 7) is 0.349. The molecule has 15 heavy (non-hydrogen) atoms. The summed E-state index contributed by atoms with van der Waals surface area (Å²) in [5.74, 6) is 2.45. The normalized spacial score (nSPS) is 10.9. The summed E-state index contributed by atoms with van der Waals surface area (Å²) in [5.41, 5.74) is 0. The molecule has 4 nitrogen and oxygen atoms in total. The number of hydrogen-bond acceptors (Lipinski definition) is 3. The summed E-state index contributed by atoms with van der Waals surface area (Å²) in [4.78, 5) is 3.92. The molecular weight excluding hydrogens is 212 g/mol. The average molecular weight is 224 g/mol. The van der Waals surface area contributed by atoms with E-state index in [0.717, 1.165) is 0 Å². The van der Waals surface area contributed by atoms with Gasteiger partial charge in [-0.15, -0.1) is 12.3 Å². The summed E-state index contributed by atoms with van der Waals surface area (Å²) < 4.78 is 25.6. The standard InChI is InChI=1S/C10H12N2O2S/c1-2-3-4-8-12-15(13,14)10-6-5-7-11-9-10/h1,5-7,9,12H,3-4,8H2. The van der Waals surface area contributed by atoms with Gasteiger partial charge in [-0.25, -0.2) is 13.1 Å². The van der Waals surface area contributed by atoms with Crippen molar-refractivity contribution in [3.63, 3.8) is 0 Å². The Labute approximate surface area is 89.8 Å². The number of unbranched alkanes of at least 4 members (excludes halogenated alkanes) is 1. The van der Waals surface area contributed by atoms with Crippen LogP contribution in [0.1, 0.15) is 12.8 Å². The molecule has 1 aromatic rings. The quantitative estimate of drug-likeness (QED) is 0.593. The molecule has 0 amide bonds. The first kappa shape index (κ1) is 11.7. The van der Waals surface area contributed by atoms with E-state index in [1.165, 1.54) is 18.5 Å². The highest BCUT2D eigenvalue weighted by molar-refractivity contribution is 7.89. The van der Waals surface area contributed by atoms with Crippen LogP contribution >= 0.6 is 0 Å². The predicted molar refractivity (Wildman–Crippen MR) is 57.5 cm³/mol. The third-order valence-electron chi connectivity index (χ3n) is 1.73. The van der Waals surface area contributed by atoms with E-state index in [4.69, 9.17) is 6.42 Å². The molecule has 0 aliphatic heterocycles. The van der Waals surface area contributed by atoms with Gasteiger partial charge < -0.3 is 0 Å². The average Bonchev–Trinajstić information content (AvgIpc) is 2.26. The number of sulfonamides is 1. The van der Waals surface area contributed by atoms with E-state index < -0.39 is 10.0 Å². The van der Waals surface area contributed by atoms with Crippen molar-refractivity contribution >= 4 is 10.0 Å². The second-order valence-electron chi connectivity index (χ2n) is 2.89. The number of aromatic nitrogens is 1. The molecule has 0 saturated carbocycles. The van der Waals surface area contributed by atoms with Gasteiger partial charge >= 0.3 is 0 Å². The maximum atomic E-state index is 11.6. The van der Waals surface area contributed by atoms with Crippen molar-refractivity contribution < 1.29 is 8.42 Å². The molecule has 0 aliphatic rings. The molecule has 0 saturated heterocycles. The van der Waals surface area contributed by atoms with Crippen LogP contribution in [-0.4, -0.2) is 19.9 Å². The van der Waals surface area contributed by atoms with E-state index in [2.05, 4.69) is 15.6 Å². The van der Waals surface area contributed by atoms with Gasteiger partial charge in [0.05, 0.1) is 0 Å². The lowest BCUT2D eigenvalue weighted by Gasteiger charge is -2.04. The number of hydrogen-bond donors (Lipinski definition) is 1. The van der Waals surface area contributed by atoms with Crippen LogP contribution in [0.15, 0.2) is 29.4 Å². The van der Waals surface area contributed by atoms with Gasteiger partial charge in [-0.1, -0.05) is 0 Å². The highest BCUT2D eigenvalue weighted by atomic mass is 32.2. The topological polar surface area (TPSA) is 59.1 Å². The fraction of sp³-hybridized carbons (Fsp3) is 0.300. The first-order chi connectivity index (χ1) is 7.17. The summed E-state index contributed by atoms with van der Waals surface area (Å²) in [5, 5.41) is 0. The summed E-state index contributed by atoms with van der Waals surface area (Å²) in [6.07, 6.45) is 9.09. The van der Waals surface area contributed by atoms with Gasteiger partial charge in [-0.2, -0.15) is 0 Å². The number of nitrogens with zero attached hydrogens (tertiary/aromatic N) is 1. The first-order valence-electron chi connectivity index (χ1n) is 4.50. The van der Waals surface area contributed by atoms with Crippen molar-refractivity contribution in [3.8, 4) is 12.3 Å². The van der Waals surface area contributed by atoms with E-state index in [9.17, 15) is 8.42 Å². The number of rotatable bonds is 5. The zero-order valence-electron chi connectivity index (χ0n) is 8.18. The van der Waals surface area contributed by atoms with Crippen molar-refractivity contribution in [1.82, 2.24) is 9.71 Å². The lowest BCUT2D eigenvalue weighted by molar-refractivity contribution is 0.579. The molecule has 0 atom stereocenters. The molecule has 0 radical (unpaired) electrons. The lowest BCUT2D eigenvalue weighted by Crippen LogP contribution is -2.24. The monoisotopic (exact) mass is 224 g/mol. The minimum absolute atomic E-state index is 0.172. The second kappa shape index (κ2) is 5.49. The Morgan fingerprint density at radius 1 is 1.53 bits per heavy atom. The minimum Gasteiger partial charge on any atom is -0.263 e. The van der Waals surface area contributed by atoms with Crippen LogP contribution in [-0.2, 0) is 10.0 Å². The third kappa shape index (κ3) is 3.70. The molecule has 0 aromatic carbocycles. The van der Waals surface area contributed by atoms with Gasteiger partial charge in [0.2, 0.25) is 10.0 Å². The van der Waals surface area contributed by atoms with Gasteiger partial charge in [0, 0.05) is 25.4 Å². The Morgan fingerprint density at radius 2 is 2.33 bits per heavy atom. The van der Waals surface area contributed by atoms with Crippen LogP contribution in [0.5, 0.6) is 0 Å². The largest absolute Gasteiger partial charge is 0.263 e. The number of nitrogens with one attached hydrogen (secondary N) is 1. The molecule has 1 aromatic heterocycles. The molecule has 0 spiro atoms. The van der Waals surface area contributed by atoms with E-state index >= 15 is 0 Å². The molecule has 1 rings (SSSR count). The van der Waals surface area contributed by atoms with Gasteiger partial charge in [0.15, 0.2) is 0 Å². The van der Waals surface area contributed by atoms with Gasteiger partial charge in [0.25, 0.3) is 0 Å². The molecule has 0 unspecified atom stereocenters. The SMILES string of the molecule is C#CCCCNS(=O)(=O)c1cccnc1. The molecule has 5 heteroatoms. The highest BCUT2D eigenvalue weighted by Gasteiger charge is 2.12. The van der Waals surface area contributed by atoms with E-state index in [1.807, 2.05) is 0 Å². The fourth-order valence-corrected chi connectivity index (χ4v) is 2.02. The van der Waals surface area contributed by atoms with Crippen molar-refractivity contribution in [1.29, 1.82) is 0 Å². The summed E-state index contributed by atoms with van der Waals surface area (Å²) in [6, 6.07) is 3.08. The van der Waals surface area contributed by atoms with Crippen molar-refractivity contribution in [2.45, 2.75) is 17.7 Å². The molecule has 0 aliphatic carbocycles. The van der Waals surface area contributed by atoms with Crippen molar-refractivity contribution in [2.24, 2.45) is 0 Å². The Bertz CT molecular complexity index is 434. The van der Waals surface area contributed by atoms with Crippen LogP contribution in [0.2, 0.25) is 0 Å². The van der Waals surface area contributed by atoms with Crippen LogP contribution < -0.4 is 4.72 Å². The Kier molecular flexibility index (Phi) is 4.28. The van der Waals surface area contributed by atoms with Crippen LogP contribution in [0, 0.1) is 12.3 Å². The zero-order chi connectivity index (χ0) is 11.1. The maximum Gasteiger partial charge on any atom is 0.242 e. The fourth-order valence-electron chi connectivity index (χ4n) is 0.986. The van der Waals surface area contributed by atoms with Crippen LogP contribution in [0.3, 0.4) is 0 Å². The highest BCUT2D eigenvalue weighted by Crippen LogP contribution is 2.04. The molecule has 0 fully saturated rings. The van der Waals surface area contributed by atoms with Gasteiger partial charge in [-0.05, 0) is 18.6 Å². The predicted octanol–water partition coefficient (Wildman–Crippen LogP) is 0.773. The lowest BCUT2D eigenvalue weighted by atomic mass is 10.3. The Balaban J connectivity index is 2.58. The molecule has 80 valence electrons. The second-order valence-corrected chi connectivity index (χ2v) is 4.66. The van der Waals surface area contributed by atoms with Crippen LogP contribution in [0.25, 0.3) is 0 Å². The third-order valence-corrected chi connectivity index (χ3v) is 3.18. The molecular formula is C10H12N2O2S. The summed E-state index contributed by atoms with van der Waals surface area (Å²) >= 11 is 0. The van der Waals surface area contributed by atoms with Crippen molar-refractivity contribution in [2.75, 3.05) is 6.54 Å². The van der Waals surface area contributed by atoms with Gasteiger partial charge in [0.1, 0.15) is 4.90 Å². The Morgan fingerprint density at radius 3 is 2.93 bits per heavy atom. The smallest absolute Gasteiger partial charge is 0.242 e. The van der Waals surface area contributed by atoms with Crippen molar-refractivity contribution in [3.05, 3.63) is 24.5 Å². The Hall–Kier alpha value is -1.38. The summed E-state index contributed by atoms with van der Waals surface area (Å²) in [7, 11) is -3.42. The van der Waals surface area contributed by atoms with Gasteiger partial charge in [-0.3, -0.25) is 4.98 Å². The van der Waals surface area contributed by atoms with Crippen LogP contribution in [0.4, 0.5) is 0 Å². The molecule has 1 N–H and O–H groups in total. The van der Waals surface area contributed by atoms with E-state index in [-0.39, 0.29) is 4.90 Å². The minimum atomic E-state index is -3.42. The number of pyridine rings is 1. The molecule has 0 bridgehead atoms. The molecule has 1 heterocycles.